The second-order valence-corrected chi connectivity index (χ2v) is 7.61. The quantitative estimate of drug-likeness (QED) is 0.712. The van der Waals surface area contributed by atoms with Crippen molar-refractivity contribution < 1.29 is 13.2 Å². The van der Waals surface area contributed by atoms with Crippen molar-refractivity contribution in [3.05, 3.63) is 34.7 Å². The third-order valence-corrected chi connectivity index (χ3v) is 5.27. The van der Waals surface area contributed by atoms with Crippen LogP contribution in [-0.2, 0) is 23.6 Å². The molecule has 8 nitrogen and oxygen atoms in total. The molecule has 2 rings (SSSR count). The van der Waals surface area contributed by atoms with Crippen LogP contribution in [-0.4, -0.2) is 42.2 Å². The molecular formula is C16H24N4O4S. The largest absolute Gasteiger partial charge is 0.497 e. The third-order valence-electron chi connectivity index (χ3n) is 3.80. The van der Waals surface area contributed by atoms with Gasteiger partial charge in [0.05, 0.1) is 19.4 Å². The zero-order valence-corrected chi connectivity index (χ0v) is 15.5. The van der Waals surface area contributed by atoms with Crippen molar-refractivity contribution in [1.82, 2.24) is 19.1 Å². The van der Waals surface area contributed by atoms with Crippen LogP contribution >= 0.6 is 0 Å². The van der Waals surface area contributed by atoms with Gasteiger partial charge in [0.25, 0.3) is 0 Å². The van der Waals surface area contributed by atoms with Gasteiger partial charge in [-0.3, -0.25) is 4.57 Å². The SMILES string of the molecule is CCCCS(=O)(=O)NCCn1nc(-c2ccc(OC)cc2)n(C)c1=O. The van der Waals surface area contributed by atoms with Crippen molar-refractivity contribution in [2.45, 2.75) is 26.3 Å². The van der Waals surface area contributed by atoms with Gasteiger partial charge in [0.1, 0.15) is 5.75 Å². The molecule has 0 radical (unpaired) electrons. The van der Waals surface area contributed by atoms with Crippen LogP contribution in [0.2, 0.25) is 0 Å². The molecule has 0 saturated heterocycles. The zero-order valence-electron chi connectivity index (χ0n) is 14.7. The van der Waals surface area contributed by atoms with Gasteiger partial charge in [0.15, 0.2) is 5.82 Å². The van der Waals surface area contributed by atoms with E-state index in [1.807, 2.05) is 19.1 Å². The summed E-state index contributed by atoms with van der Waals surface area (Å²) in [6, 6.07) is 7.22. The number of hydrogen-bond acceptors (Lipinski definition) is 5. The highest BCUT2D eigenvalue weighted by atomic mass is 32.2. The molecule has 0 spiro atoms. The average Bonchev–Trinajstić information content (AvgIpc) is 2.88. The van der Waals surface area contributed by atoms with E-state index in [1.54, 1.807) is 26.3 Å². The fraction of sp³-hybridized carbons (Fsp3) is 0.500. The predicted molar refractivity (Wildman–Crippen MR) is 96.2 cm³/mol. The summed E-state index contributed by atoms with van der Waals surface area (Å²) in [5.41, 5.74) is 0.487. The molecule has 25 heavy (non-hydrogen) atoms. The number of nitrogens with one attached hydrogen (secondary N) is 1. The standard InChI is InChI=1S/C16H24N4O4S/c1-4-5-12-25(22,23)17-10-11-20-16(21)19(2)15(18-20)13-6-8-14(24-3)9-7-13/h6-9,17H,4-5,10-12H2,1-3H3. The van der Waals surface area contributed by atoms with E-state index in [9.17, 15) is 13.2 Å². The topological polar surface area (TPSA) is 95.2 Å². The molecule has 2 aromatic rings. The number of sulfonamides is 1. The maximum Gasteiger partial charge on any atom is 0.345 e. The minimum Gasteiger partial charge on any atom is -0.497 e. The van der Waals surface area contributed by atoms with E-state index in [-0.39, 0.29) is 24.5 Å². The lowest BCUT2D eigenvalue weighted by atomic mass is 10.2. The van der Waals surface area contributed by atoms with Gasteiger partial charge in [0.2, 0.25) is 10.0 Å². The highest BCUT2D eigenvalue weighted by Gasteiger charge is 2.13. The highest BCUT2D eigenvalue weighted by molar-refractivity contribution is 7.89. The molecule has 9 heteroatoms. The maximum atomic E-state index is 12.3. The van der Waals surface area contributed by atoms with E-state index in [4.69, 9.17) is 4.74 Å². The third kappa shape index (κ3) is 4.93. The summed E-state index contributed by atoms with van der Waals surface area (Å²) in [6.45, 7) is 2.24. The first-order valence-corrected chi connectivity index (χ1v) is 9.78. The summed E-state index contributed by atoms with van der Waals surface area (Å²) in [5, 5.41) is 4.31. The summed E-state index contributed by atoms with van der Waals surface area (Å²) in [7, 11) is -0.0837. The second-order valence-electron chi connectivity index (χ2n) is 5.68. The number of rotatable bonds is 9. The Kier molecular flexibility index (Phi) is 6.38. The van der Waals surface area contributed by atoms with E-state index < -0.39 is 10.0 Å². The molecule has 0 aliphatic carbocycles. The Morgan fingerprint density at radius 3 is 2.52 bits per heavy atom. The van der Waals surface area contributed by atoms with Gasteiger partial charge in [-0.2, -0.15) is 0 Å². The molecule has 1 aromatic carbocycles. The van der Waals surface area contributed by atoms with Crippen LogP contribution in [0.25, 0.3) is 11.4 Å². The molecule has 0 fully saturated rings. The predicted octanol–water partition coefficient (Wildman–Crippen LogP) is 0.977. The molecule has 1 N–H and O–H groups in total. The first-order chi connectivity index (χ1) is 11.9. The molecule has 0 aliphatic rings. The van der Waals surface area contributed by atoms with E-state index in [2.05, 4.69) is 9.82 Å². The van der Waals surface area contributed by atoms with Gasteiger partial charge in [0, 0.05) is 19.2 Å². The number of methoxy groups -OCH3 is 1. The first-order valence-electron chi connectivity index (χ1n) is 8.13. The van der Waals surface area contributed by atoms with Crippen molar-refractivity contribution in [2.75, 3.05) is 19.4 Å². The lowest BCUT2D eigenvalue weighted by molar-refractivity contribution is 0.415. The zero-order chi connectivity index (χ0) is 18.4. The smallest absolute Gasteiger partial charge is 0.345 e. The van der Waals surface area contributed by atoms with Crippen LogP contribution < -0.4 is 15.1 Å². The van der Waals surface area contributed by atoms with Crippen molar-refractivity contribution in [3.8, 4) is 17.1 Å². The van der Waals surface area contributed by atoms with Crippen LogP contribution in [0, 0.1) is 0 Å². The number of benzene rings is 1. The Bertz CT molecular complexity index is 853. The minimum absolute atomic E-state index is 0.0950. The molecule has 0 saturated carbocycles. The minimum atomic E-state index is -3.30. The Balaban J connectivity index is 2.09. The van der Waals surface area contributed by atoms with Gasteiger partial charge in [-0.25, -0.2) is 22.6 Å². The molecule has 0 bridgehead atoms. The summed E-state index contributed by atoms with van der Waals surface area (Å²) in [5.74, 6) is 1.33. The lowest BCUT2D eigenvalue weighted by Gasteiger charge is -2.05. The fourth-order valence-electron chi connectivity index (χ4n) is 2.34. The molecule has 0 atom stereocenters. The maximum absolute atomic E-state index is 12.3. The Morgan fingerprint density at radius 1 is 1.24 bits per heavy atom. The number of unbranched alkanes of at least 4 members (excludes halogenated alkanes) is 1. The molecule has 0 aliphatic heterocycles. The monoisotopic (exact) mass is 368 g/mol. The van der Waals surface area contributed by atoms with Gasteiger partial charge in [-0.15, -0.1) is 5.10 Å². The van der Waals surface area contributed by atoms with E-state index in [1.165, 1.54) is 9.25 Å². The van der Waals surface area contributed by atoms with Gasteiger partial charge in [-0.1, -0.05) is 13.3 Å². The number of ether oxygens (including phenoxy) is 1. The van der Waals surface area contributed by atoms with Crippen molar-refractivity contribution in [1.29, 1.82) is 0 Å². The molecule has 1 heterocycles. The molecule has 0 amide bonds. The molecule has 138 valence electrons. The molecule has 1 aromatic heterocycles. The van der Waals surface area contributed by atoms with E-state index in [0.29, 0.717) is 12.2 Å². The Hall–Kier alpha value is -2.13. The van der Waals surface area contributed by atoms with Crippen LogP contribution in [0.1, 0.15) is 19.8 Å². The highest BCUT2D eigenvalue weighted by Crippen LogP contribution is 2.19. The van der Waals surface area contributed by atoms with Crippen molar-refractivity contribution >= 4 is 10.0 Å². The van der Waals surface area contributed by atoms with Crippen molar-refractivity contribution in [3.63, 3.8) is 0 Å². The summed E-state index contributed by atoms with van der Waals surface area (Å²) >= 11 is 0. The van der Waals surface area contributed by atoms with E-state index in [0.717, 1.165) is 17.7 Å². The fourth-order valence-corrected chi connectivity index (χ4v) is 3.55. The Morgan fingerprint density at radius 2 is 1.92 bits per heavy atom. The molecular weight excluding hydrogens is 344 g/mol. The number of hydrogen-bond donors (Lipinski definition) is 1. The Labute approximate surface area is 147 Å². The normalized spacial score (nSPS) is 11.6. The summed E-state index contributed by atoms with van der Waals surface area (Å²) in [6.07, 6.45) is 1.42. The number of nitrogens with zero attached hydrogens (tertiary/aromatic N) is 3. The van der Waals surface area contributed by atoms with E-state index >= 15 is 0 Å². The lowest BCUT2D eigenvalue weighted by Crippen LogP contribution is -2.33. The second kappa shape index (κ2) is 8.30. The average molecular weight is 368 g/mol. The van der Waals surface area contributed by atoms with Gasteiger partial charge >= 0.3 is 5.69 Å². The van der Waals surface area contributed by atoms with Crippen LogP contribution in [0.3, 0.4) is 0 Å². The number of aromatic nitrogens is 3. The van der Waals surface area contributed by atoms with Crippen LogP contribution in [0.15, 0.2) is 29.1 Å². The van der Waals surface area contributed by atoms with Crippen molar-refractivity contribution in [2.24, 2.45) is 7.05 Å². The summed E-state index contributed by atoms with van der Waals surface area (Å²) < 4.78 is 33.9. The van der Waals surface area contributed by atoms with Crippen LogP contribution in [0.5, 0.6) is 5.75 Å². The molecule has 0 unspecified atom stereocenters. The van der Waals surface area contributed by atoms with Crippen LogP contribution in [0.4, 0.5) is 0 Å². The van der Waals surface area contributed by atoms with Gasteiger partial charge < -0.3 is 4.74 Å². The van der Waals surface area contributed by atoms with Gasteiger partial charge in [-0.05, 0) is 30.7 Å². The summed E-state index contributed by atoms with van der Waals surface area (Å²) in [4.78, 5) is 12.3. The first kappa shape index (κ1) is 19.2.